The van der Waals surface area contributed by atoms with E-state index in [-0.39, 0.29) is 5.91 Å². The van der Waals surface area contributed by atoms with Crippen molar-refractivity contribution in [3.05, 3.63) is 46.0 Å². The lowest BCUT2D eigenvalue weighted by molar-refractivity contribution is -0.116. The number of fused-ring (bicyclic) bond motifs is 1. The summed E-state index contributed by atoms with van der Waals surface area (Å²) in [5.41, 5.74) is 2.17. The second-order valence-electron chi connectivity index (χ2n) is 5.21. The molecule has 6 nitrogen and oxygen atoms in total. The van der Waals surface area contributed by atoms with E-state index in [0.717, 1.165) is 24.3 Å². The van der Waals surface area contributed by atoms with Gasteiger partial charge in [0, 0.05) is 19.0 Å². The zero-order valence-electron chi connectivity index (χ0n) is 12.8. The SMILES string of the molecule is CCn1c(CNC(=O)C=Cc2ccc3c(c2)CCO3)n[nH]c1=S. The molecule has 2 aromatic rings. The standard InChI is InChI=1S/C16H18N4O2S/c1-2-20-14(18-19-16(20)23)10-17-15(21)6-4-11-3-5-13-12(9-11)7-8-22-13/h3-6,9H,2,7-8,10H2,1H3,(H,17,21)(H,19,23). The first-order chi connectivity index (χ1) is 11.2. The first-order valence-corrected chi connectivity index (χ1v) is 7.94. The third-order valence-corrected chi connectivity index (χ3v) is 4.03. The topological polar surface area (TPSA) is 71.9 Å². The average Bonchev–Trinajstić information content (AvgIpc) is 3.16. The van der Waals surface area contributed by atoms with E-state index in [4.69, 9.17) is 17.0 Å². The molecule has 0 unspecified atom stereocenters. The third-order valence-electron chi connectivity index (χ3n) is 3.71. The molecular weight excluding hydrogens is 312 g/mol. The monoisotopic (exact) mass is 330 g/mol. The zero-order chi connectivity index (χ0) is 16.2. The van der Waals surface area contributed by atoms with Crippen LogP contribution >= 0.6 is 12.2 Å². The summed E-state index contributed by atoms with van der Waals surface area (Å²) < 4.78 is 7.88. The van der Waals surface area contributed by atoms with Crippen molar-refractivity contribution in [2.75, 3.05) is 6.61 Å². The largest absolute Gasteiger partial charge is 0.493 e. The number of carbonyl (C=O) groups is 1. The Labute approximate surface area is 139 Å². The van der Waals surface area contributed by atoms with Gasteiger partial charge >= 0.3 is 0 Å². The zero-order valence-corrected chi connectivity index (χ0v) is 13.7. The number of benzene rings is 1. The van der Waals surface area contributed by atoms with E-state index in [9.17, 15) is 4.79 Å². The lowest BCUT2D eigenvalue weighted by atomic mass is 10.1. The van der Waals surface area contributed by atoms with Crippen molar-refractivity contribution < 1.29 is 9.53 Å². The maximum absolute atomic E-state index is 11.9. The number of aromatic nitrogens is 3. The number of hydrogen-bond donors (Lipinski definition) is 2. The van der Waals surface area contributed by atoms with Crippen LogP contribution in [0.25, 0.3) is 6.08 Å². The van der Waals surface area contributed by atoms with Gasteiger partial charge in [0.05, 0.1) is 13.2 Å². The van der Waals surface area contributed by atoms with Gasteiger partial charge in [-0.1, -0.05) is 6.07 Å². The summed E-state index contributed by atoms with van der Waals surface area (Å²) in [5.74, 6) is 1.49. The smallest absolute Gasteiger partial charge is 0.244 e. The minimum Gasteiger partial charge on any atom is -0.493 e. The average molecular weight is 330 g/mol. The molecule has 2 N–H and O–H groups in total. The molecule has 120 valence electrons. The molecule has 0 spiro atoms. The van der Waals surface area contributed by atoms with Crippen molar-refractivity contribution in [1.29, 1.82) is 0 Å². The summed E-state index contributed by atoms with van der Waals surface area (Å²) >= 11 is 5.11. The van der Waals surface area contributed by atoms with Gasteiger partial charge in [0.25, 0.3) is 0 Å². The number of nitrogens with one attached hydrogen (secondary N) is 2. The van der Waals surface area contributed by atoms with Crippen LogP contribution in [-0.2, 0) is 24.3 Å². The normalized spacial score (nSPS) is 13.1. The molecule has 7 heteroatoms. The van der Waals surface area contributed by atoms with E-state index in [1.165, 1.54) is 11.6 Å². The number of rotatable bonds is 5. The lowest BCUT2D eigenvalue weighted by Crippen LogP contribution is -2.22. The summed E-state index contributed by atoms with van der Waals surface area (Å²) in [4.78, 5) is 11.9. The molecule has 0 fully saturated rings. The molecule has 1 amide bonds. The van der Waals surface area contributed by atoms with Crippen LogP contribution in [0.1, 0.15) is 23.9 Å². The molecule has 2 heterocycles. The Morgan fingerprint density at radius 2 is 2.43 bits per heavy atom. The Morgan fingerprint density at radius 3 is 3.26 bits per heavy atom. The van der Waals surface area contributed by atoms with Gasteiger partial charge in [0.1, 0.15) is 5.75 Å². The van der Waals surface area contributed by atoms with Crippen LogP contribution in [0.15, 0.2) is 24.3 Å². The molecule has 1 aliphatic rings. The maximum Gasteiger partial charge on any atom is 0.244 e. The fourth-order valence-corrected chi connectivity index (χ4v) is 2.80. The molecular formula is C16H18N4O2S. The molecule has 0 atom stereocenters. The van der Waals surface area contributed by atoms with E-state index in [1.807, 2.05) is 29.7 Å². The Kier molecular flexibility index (Phi) is 4.57. The number of ether oxygens (including phenoxy) is 1. The number of H-pyrrole nitrogens is 1. The van der Waals surface area contributed by atoms with Crippen LogP contribution in [0.4, 0.5) is 0 Å². The molecule has 23 heavy (non-hydrogen) atoms. The molecule has 0 bridgehead atoms. The van der Waals surface area contributed by atoms with Crippen molar-refractivity contribution in [2.24, 2.45) is 0 Å². The fraction of sp³-hybridized carbons (Fsp3) is 0.312. The molecule has 0 saturated carbocycles. The summed E-state index contributed by atoms with van der Waals surface area (Å²) in [6.45, 7) is 3.76. The second kappa shape index (κ2) is 6.78. The first-order valence-electron chi connectivity index (χ1n) is 7.53. The quantitative estimate of drug-likeness (QED) is 0.651. The van der Waals surface area contributed by atoms with Gasteiger partial charge < -0.3 is 14.6 Å². The number of nitrogens with zero attached hydrogens (tertiary/aromatic N) is 2. The Hall–Kier alpha value is -2.41. The predicted molar refractivity (Wildman–Crippen MR) is 89.6 cm³/mol. The van der Waals surface area contributed by atoms with Crippen molar-refractivity contribution in [3.8, 4) is 5.75 Å². The molecule has 1 aromatic carbocycles. The maximum atomic E-state index is 11.9. The van der Waals surface area contributed by atoms with Crippen LogP contribution in [0.5, 0.6) is 5.75 Å². The van der Waals surface area contributed by atoms with Gasteiger partial charge in [-0.05, 0) is 48.5 Å². The van der Waals surface area contributed by atoms with Gasteiger partial charge in [0.15, 0.2) is 10.6 Å². The van der Waals surface area contributed by atoms with Gasteiger partial charge in [-0.15, -0.1) is 0 Å². The summed E-state index contributed by atoms with van der Waals surface area (Å²) in [5, 5.41) is 9.65. The van der Waals surface area contributed by atoms with Crippen LogP contribution in [0.3, 0.4) is 0 Å². The number of hydrogen-bond acceptors (Lipinski definition) is 4. The van der Waals surface area contributed by atoms with Crippen molar-refractivity contribution >= 4 is 24.2 Å². The highest BCUT2D eigenvalue weighted by Gasteiger charge is 2.11. The van der Waals surface area contributed by atoms with E-state index in [0.29, 0.717) is 23.7 Å². The third kappa shape index (κ3) is 3.50. The van der Waals surface area contributed by atoms with Gasteiger partial charge in [-0.3, -0.25) is 9.89 Å². The summed E-state index contributed by atoms with van der Waals surface area (Å²) in [7, 11) is 0. The van der Waals surface area contributed by atoms with Crippen LogP contribution in [0.2, 0.25) is 0 Å². The van der Waals surface area contributed by atoms with Crippen LogP contribution < -0.4 is 10.1 Å². The van der Waals surface area contributed by atoms with Gasteiger partial charge in [0.2, 0.25) is 5.91 Å². The minimum absolute atomic E-state index is 0.168. The molecule has 0 aliphatic carbocycles. The van der Waals surface area contributed by atoms with Gasteiger partial charge in [-0.2, -0.15) is 5.10 Å². The molecule has 0 saturated heterocycles. The number of aromatic amines is 1. The van der Waals surface area contributed by atoms with E-state index >= 15 is 0 Å². The molecule has 1 aromatic heterocycles. The Balaban J connectivity index is 1.59. The second-order valence-corrected chi connectivity index (χ2v) is 5.59. The predicted octanol–water partition coefficient (Wildman–Crippen LogP) is 2.23. The first kappa shape index (κ1) is 15.5. The lowest BCUT2D eigenvalue weighted by Gasteiger charge is -2.04. The highest BCUT2D eigenvalue weighted by Crippen LogP contribution is 2.26. The van der Waals surface area contributed by atoms with Crippen LogP contribution in [-0.4, -0.2) is 27.3 Å². The van der Waals surface area contributed by atoms with Crippen LogP contribution in [0, 0.1) is 4.77 Å². The summed E-state index contributed by atoms with van der Waals surface area (Å²) in [6, 6.07) is 5.93. The van der Waals surface area contributed by atoms with Crippen molar-refractivity contribution in [2.45, 2.75) is 26.4 Å². The number of carbonyl (C=O) groups excluding carboxylic acids is 1. The van der Waals surface area contributed by atoms with Gasteiger partial charge in [-0.25, -0.2) is 0 Å². The number of amides is 1. The minimum atomic E-state index is -0.168. The highest BCUT2D eigenvalue weighted by atomic mass is 32.1. The van der Waals surface area contributed by atoms with E-state index < -0.39 is 0 Å². The van der Waals surface area contributed by atoms with E-state index in [2.05, 4.69) is 15.5 Å². The fourth-order valence-electron chi connectivity index (χ4n) is 2.52. The van der Waals surface area contributed by atoms with Crippen molar-refractivity contribution in [1.82, 2.24) is 20.1 Å². The Morgan fingerprint density at radius 1 is 1.57 bits per heavy atom. The molecule has 1 aliphatic heterocycles. The highest BCUT2D eigenvalue weighted by molar-refractivity contribution is 7.71. The Bertz CT molecular complexity index is 807. The molecule has 3 rings (SSSR count). The van der Waals surface area contributed by atoms with E-state index in [1.54, 1.807) is 6.08 Å². The molecule has 0 radical (unpaired) electrons. The van der Waals surface area contributed by atoms with Crippen molar-refractivity contribution in [3.63, 3.8) is 0 Å². The summed E-state index contributed by atoms with van der Waals surface area (Å²) in [6.07, 6.45) is 4.24.